The number of nitrogens with zero attached hydrogens (tertiary/aromatic N) is 1. The van der Waals surface area contributed by atoms with Crippen molar-refractivity contribution in [3.63, 3.8) is 0 Å². The first-order valence-corrected chi connectivity index (χ1v) is 8.48. The Labute approximate surface area is 137 Å². The summed E-state index contributed by atoms with van der Waals surface area (Å²) in [6.45, 7) is 3.03. The van der Waals surface area contributed by atoms with Crippen LogP contribution < -0.4 is 14.8 Å². The molecule has 3 rings (SSSR count). The van der Waals surface area contributed by atoms with Crippen LogP contribution in [-0.4, -0.2) is 50.8 Å². The quantitative estimate of drug-likeness (QED) is 0.903. The van der Waals surface area contributed by atoms with Gasteiger partial charge in [0.05, 0.1) is 7.11 Å². The number of rotatable bonds is 5. The molecular formula is C17H25ClN2O2. The third-order valence-electron chi connectivity index (χ3n) is 4.51. The first kappa shape index (κ1) is 15.9. The summed E-state index contributed by atoms with van der Waals surface area (Å²) in [5, 5.41) is 4.30. The molecule has 2 saturated heterocycles. The highest BCUT2D eigenvalue weighted by atomic mass is 35.5. The van der Waals surface area contributed by atoms with Crippen LogP contribution in [0.25, 0.3) is 0 Å². The van der Waals surface area contributed by atoms with E-state index in [9.17, 15) is 0 Å². The summed E-state index contributed by atoms with van der Waals surface area (Å²) in [5.41, 5.74) is 1.15. The second-order valence-corrected chi connectivity index (χ2v) is 6.84. The Morgan fingerprint density at radius 1 is 1.32 bits per heavy atom. The molecule has 1 aromatic carbocycles. The molecule has 1 aromatic rings. The number of methoxy groups -OCH3 is 1. The molecule has 2 aliphatic rings. The largest absolute Gasteiger partial charge is 0.493 e. The number of nitrogens with one attached hydrogen (secondary N) is 1. The SMILES string of the molecule is COc1cc(Cl)cc(CC2CCCCN2)c1OC1CN(C)C1. The van der Waals surface area contributed by atoms with Crippen LogP contribution in [0.1, 0.15) is 24.8 Å². The van der Waals surface area contributed by atoms with Crippen molar-refractivity contribution in [3.05, 3.63) is 22.7 Å². The first-order chi connectivity index (χ1) is 10.7. The van der Waals surface area contributed by atoms with Crippen LogP contribution >= 0.6 is 11.6 Å². The molecule has 1 unspecified atom stereocenters. The molecule has 2 fully saturated rings. The van der Waals surface area contributed by atoms with Gasteiger partial charge in [-0.3, -0.25) is 4.90 Å². The van der Waals surface area contributed by atoms with Gasteiger partial charge in [-0.25, -0.2) is 0 Å². The molecule has 5 heteroatoms. The first-order valence-electron chi connectivity index (χ1n) is 8.10. The number of benzene rings is 1. The fourth-order valence-corrected chi connectivity index (χ4v) is 3.54. The Bertz CT molecular complexity index is 512. The lowest BCUT2D eigenvalue weighted by Gasteiger charge is -2.37. The van der Waals surface area contributed by atoms with Gasteiger partial charge >= 0.3 is 0 Å². The van der Waals surface area contributed by atoms with E-state index in [1.165, 1.54) is 19.3 Å². The van der Waals surface area contributed by atoms with Crippen molar-refractivity contribution in [1.82, 2.24) is 10.2 Å². The number of hydrogen-bond acceptors (Lipinski definition) is 4. The summed E-state index contributed by atoms with van der Waals surface area (Å²) in [6.07, 6.45) is 4.96. The normalized spacial score (nSPS) is 23.1. The summed E-state index contributed by atoms with van der Waals surface area (Å²) < 4.78 is 11.7. The highest BCUT2D eigenvalue weighted by Gasteiger charge is 2.28. The zero-order chi connectivity index (χ0) is 15.5. The third kappa shape index (κ3) is 3.67. The Balaban J connectivity index is 1.80. The molecule has 0 bridgehead atoms. The highest BCUT2D eigenvalue weighted by Crippen LogP contribution is 2.37. The summed E-state index contributed by atoms with van der Waals surface area (Å²) in [5.74, 6) is 1.62. The summed E-state index contributed by atoms with van der Waals surface area (Å²) in [4.78, 5) is 2.25. The maximum atomic E-state index is 6.26. The van der Waals surface area contributed by atoms with Crippen LogP contribution in [0.3, 0.4) is 0 Å². The van der Waals surface area contributed by atoms with E-state index < -0.39 is 0 Å². The molecule has 2 heterocycles. The van der Waals surface area contributed by atoms with Crippen LogP contribution in [0.4, 0.5) is 0 Å². The molecule has 4 nitrogen and oxygen atoms in total. The van der Waals surface area contributed by atoms with E-state index in [-0.39, 0.29) is 6.10 Å². The zero-order valence-electron chi connectivity index (χ0n) is 13.4. The molecule has 122 valence electrons. The lowest BCUT2D eigenvalue weighted by atomic mass is 9.97. The van der Waals surface area contributed by atoms with Crippen molar-refractivity contribution in [2.24, 2.45) is 0 Å². The van der Waals surface area contributed by atoms with Gasteiger partial charge in [0.25, 0.3) is 0 Å². The van der Waals surface area contributed by atoms with E-state index >= 15 is 0 Å². The van der Waals surface area contributed by atoms with Gasteiger partial charge in [0.15, 0.2) is 11.5 Å². The Morgan fingerprint density at radius 2 is 2.14 bits per heavy atom. The van der Waals surface area contributed by atoms with Crippen molar-refractivity contribution in [3.8, 4) is 11.5 Å². The van der Waals surface area contributed by atoms with Crippen LogP contribution in [0, 0.1) is 0 Å². The van der Waals surface area contributed by atoms with Crippen molar-refractivity contribution >= 4 is 11.6 Å². The smallest absolute Gasteiger partial charge is 0.165 e. The molecule has 0 aromatic heterocycles. The van der Waals surface area contributed by atoms with E-state index in [1.807, 2.05) is 12.1 Å². The van der Waals surface area contributed by atoms with Gasteiger partial charge in [0.1, 0.15) is 6.10 Å². The zero-order valence-corrected chi connectivity index (χ0v) is 14.2. The van der Waals surface area contributed by atoms with Crippen LogP contribution in [0.15, 0.2) is 12.1 Å². The molecule has 0 amide bonds. The fourth-order valence-electron chi connectivity index (χ4n) is 3.31. The Hall–Kier alpha value is -0.970. The number of likely N-dealkylation sites (N-methyl/N-ethyl adjacent to an activating group) is 1. The summed E-state index contributed by atoms with van der Waals surface area (Å²) in [7, 11) is 3.78. The summed E-state index contributed by atoms with van der Waals surface area (Å²) >= 11 is 6.26. The average molecular weight is 325 g/mol. The molecule has 0 saturated carbocycles. The minimum atomic E-state index is 0.248. The van der Waals surface area contributed by atoms with Gasteiger partial charge in [-0.1, -0.05) is 18.0 Å². The number of halogens is 1. The van der Waals surface area contributed by atoms with Gasteiger partial charge in [-0.15, -0.1) is 0 Å². The van der Waals surface area contributed by atoms with Gasteiger partial charge < -0.3 is 14.8 Å². The van der Waals surface area contributed by atoms with Crippen molar-refractivity contribution < 1.29 is 9.47 Å². The van der Waals surface area contributed by atoms with Crippen LogP contribution in [0.5, 0.6) is 11.5 Å². The topological polar surface area (TPSA) is 33.7 Å². The fraction of sp³-hybridized carbons (Fsp3) is 0.647. The van der Waals surface area contributed by atoms with E-state index in [4.69, 9.17) is 21.1 Å². The average Bonchev–Trinajstić information content (AvgIpc) is 2.48. The number of likely N-dealkylation sites (tertiary alicyclic amines) is 1. The van der Waals surface area contributed by atoms with Crippen LogP contribution in [0.2, 0.25) is 5.02 Å². The molecular weight excluding hydrogens is 300 g/mol. The van der Waals surface area contributed by atoms with E-state index in [2.05, 4.69) is 17.3 Å². The molecule has 0 spiro atoms. The van der Waals surface area contributed by atoms with Crippen molar-refractivity contribution in [2.75, 3.05) is 33.8 Å². The van der Waals surface area contributed by atoms with Crippen molar-refractivity contribution in [1.29, 1.82) is 0 Å². The summed E-state index contributed by atoms with van der Waals surface area (Å²) in [6, 6.07) is 4.37. The number of hydrogen-bond donors (Lipinski definition) is 1. The molecule has 22 heavy (non-hydrogen) atoms. The van der Waals surface area contributed by atoms with Gasteiger partial charge in [0.2, 0.25) is 0 Å². The Kier molecular flexibility index (Phi) is 5.11. The minimum absolute atomic E-state index is 0.248. The van der Waals surface area contributed by atoms with Gasteiger partial charge in [-0.2, -0.15) is 0 Å². The van der Waals surface area contributed by atoms with E-state index in [0.717, 1.165) is 43.1 Å². The minimum Gasteiger partial charge on any atom is -0.493 e. The van der Waals surface area contributed by atoms with Crippen molar-refractivity contribution in [2.45, 2.75) is 37.8 Å². The third-order valence-corrected chi connectivity index (χ3v) is 4.73. The second kappa shape index (κ2) is 7.07. The second-order valence-electron chi connectivity index (χ2n) is 6.41. The maximum absolute atomic E-state index is 6.26. The van der Waals surface area contributed by atoms with E-state index in [0.29, 0.717) is 11.1 Å². The number of piperidine rings is 1. The molecule has 0 radical (unpaired) electrons. The monoisotopic (exact) mass is 324 g/mol. The number of ether oxygens (including phenoxy) is 2. The molecule has 1 atom stereocenters. The molecule has 0 aliphatic carbocycles. The predicted molar refractivity (Wildman–Crippen MR) is 89.3 cm³/mol. The predicted octanol–water partition coefficient (Wildman–Crippen LogP) is 2.73. The van der Waals surface area contributed by atoms with Crippen LogP contribution in [-0.2, 0) is 6.42 Å². The lowest BCUT2D eigenvalue weighted by molar-refractivity contribution is 0.0361. The molecule has 2 aliphatic heterocycles. The maximum Gasteiger partial charge on any atom is 0.165 e. The highest BCUT2D eigenvalue weighted by molar-refractivity contribution is 6.30. The lowest BCUT2D eigenvalue weighted by Crippen LogP contribution is -2.51. The molecule has 1 N–H and O–H groups in total. The van der Waals surface area contributed by atoms with E-state index in [1.54, 1.807) is 7.11 Å². The standard InChI is InChI=1S/C17H25ClN2O2/c1-20-10-15(11-20)22-17-12(7-13(18)9-16(17)21-2)8-14-5-3-4-6-19-14/h7,9,14-15,19H,3-6,8,10-11H2,1-2H3. The Morgan fingerprint density at radius 3 is 2.77 bits per heavy atom. The van der Waals surface area contributed by atoms with Gasteiger partial charge in [-0.05, 0) is 38.9 Å². The van der Waals surface area contributed by atoms with Gasteiger partial charge in [0, 0.05) is 35.8 Å².